The number of hydrogen-bond acceptors (Lipinski definition) is 4. The van der Waals surface area contributed by atoms with Gasteiger partial charge < -0.3 is 10.1 Å². The molecule has 0 aliphatic heterocycles. The predicted octanol–water partition coefficient (Wildman–Crippen LogP) is 1.99. The van der Waals surface area contributed by atoms with Gasteiger partial charge in [-0.25, -0.2) is 8.42 Å². The Kier molecular flexibility index (Phi) is 5.82. The molecule has 1 aromatic rings. The fraction of sp³-hybridized carbons (Fsp3) is 0.571. The number of ether oxygens (including phenoxy) is 1. The Balaban J connectivity index is 3.00. The average Bonchev–Trinajstić information content (AvgIpc) is 2.27. The van der Waals surface area contributed by atoms with E-state index in [4.69, 9.17) is 4.74 Å². The Hall–Kier alpha value is -1.07. The van der Waals surface area contributed by atoms with Crippen molar-refractivity contribution in [1.29, 1.82) is 0 Å². The van der Waals surface area contributed by atoms with Crippen LogP contribution < -0.4 is 10.1 Å². The van der Waals surface area contributed by atoms with Crippen LogP contribution in [0.15, 0.2) is 18.2 Å². The summed E-state index contributed by atoms with van der Waals surface area (Å²) in [5.74, 6) is 1.00. The van der Waals surface area contributed by atoms with Crippen molar-refractivity contribution in [3.05, 3.63) is 29.3 Å². The van der Waals surface area contributed by atoms with Gasteiger partial charge in [-0.3, -0.25) is 0 Å². The maximum Gasteiger partial charge on any atom is 0.154 e. The Morgan fingerprint density at radius 3 is 2.53 bits per heavy atom. The summed E-state index contributed by atoms with van der Waals surface area (Å²) >= 11 is 0. The van der Waals surface area contributed by atoms with Crippen molar-refractivity contribution >= 4 is 9.84 Å². The fourth-order valence-corrected chi connectivity index (χ4v) is 3.90. The van der Waals surface area contributed by atoms with E-state index in [1.165, 1.54) is 0 Å². The molecule has 0 aromatic heterocycles. The molecule has 1 N–H and O–H groups in total. The van der Waals surface area contributed by atoms with Crippen LogP contribution in [0, 0.1) is 5.92 Å². The first kappa shape index (κ1) is 16.0. The number of rotatable bonds is 7. The highest BCUT2D eigenvalue weighted by atomic mass is 32.2. The largest absolute Gasteiger partial charge is 0.496 e. The first-order chi connectivity index (χ1) is 8.88. The van der Waals surface area contributed by atoms with Gasteiger partial charge in [0, 0.05) is 12.1 Å². The normalized spacial score (nSPS) is 11.8. The summed E-state index contributed by atoms with van der Waals surface area (Å²) in [5, 5.41) is 3.05. The molecule has 4 nitrogen and oxygen atoms in total. The zero-order valence-electron chi connectivity index (χ0n) is 12.1. The second-order valence-corrected chi connectivity index (χ2v) is 7.23. The standard InChI is InChI=1S/C14H23NO3S/c1-11(2)9-19(16,17)10-13-7-12(8-15-3)5-6-14(13)18-4/h5-7,11,15H,8-10H2,1-4H3. The fourth-order valence-electron chi connectivity index (χ4n) is 2.06. The minimum absolute atomic E-state index is 0.0336. The van der Waals surface area contributed by atoms with E-state index in [2.05, 4.69) is 5.32 Å². The van der Waals surface area contributed by atoms with Crippen molar-refractivity contribution in [2.45, 2.75) is 26.1 Å². The lowest BCUT2D eigenvalue weighted by atomic mass is 10.1. The molecule has 0 atom stereocenters. The van der Waals surface area contributed by atoms with Crippen molar-refractivity contribution in [3.8, 4) is 5.75 Å². The van der Waals surface area contributed by atoms with Crippen molar-refractivity contribution in [3.63, 3.8) is 0 Å². The van der Waals surface area contributed by atoms with Crippen molar-refractivity contribution in [2.75, 3.05) is 19.9 Å². The summed E-state index contributed by atoms with van der Waals surface area (Å²) in [5.41, 5.74) is 1.79. The zero-order chi connectivity index (χ0) is 14.5. The van der Waals surface area contributed by atoms with Crippen molar-refractivity contribution < 1.29 is 13.2 Å². The second kappa shape index (κ2) is 6.91. The first-order valence-electron chi connectivity index (χ1n) is 6.38. The van der Waals surface area contributed by atoms with Crippen molar-refractivity contribution in [1.82, 2.24) is 5.32 Å². The van der Waals surface area contributed by atoms with Crippen LogP contribution >= 0.6 is 0 Å². The molecule has 1 rings (SSSR count). The van der Waals surface area contributed by atoms with Gasteiger partial charge in [-0.05, 0) is 30.7 Å². The van der Waals surface area contributed by atoms with Crippen LogP contribution in [0.1, 0.15) is 25.0 Å². The molecule has 0 fully saturated rings. The molecule has 0 aliphatic carbocycles. The topological polar surface area (TPSA) is 55.4 Å². The molecular weight excluding hydrogens is 262 g/mol. The highest BCUT2D eigenvalue weighted by Crippen LogP contribution is 2.23. The van der Waals surface area contributed by atoms with E-state index in [0.29, 0.717) is 12.3 Å². The van der Waals surface area contributed by atoms with E-state index < -0.39 is 9.84 Å². The van der Waals surface area contributed by atoms with Crippen LogP contribution in [0.3, 0.4) is 0 Å². The quantitative estimate of drug-likeness (QED) is 0.832. The highest BCUT2D eigenvalue weighted by Gasteiger charge is 2.17. The van der Waals surface area contributed by atoms with Gasteiger partial charge >= 0.3 is 0 Å². The Morgan fingerprint density at radius 1 is 1.32 bits per heavy atom. The Labute approximate surface area is 116 Å². The van der Waals surface area contributed by atoms with E-state index in [0.717, 1.165) is 11.1 Å². The van der Waals surface area contributed by atoms with E-state index in [1.807, 2.05) is 39.1 Å². The molecule has 0 aliphatic rings. The Bertz CT molecular complexity index is 509. The summed E-state index contributed by atoms with van der Waals surface area (Å²) in [6.07, 6.45) is 0. The van der Waals surface area contributed by atoms with E-state index >= 15 is 0 Å². The third-order valence-electron chi connectivity index (χ3n) is 2.69. The minimum atomic E-state index is -3.10. The monoisotopic (exact) mass is 285 g/mol. The summed E-state index contributed by atoms with van der Waals surface area (Å²) in [7, 11) is 0.323. The maximum atomic E-state index is 12.1. The van der Waals surface area contributed by atoms with Crippen LogP contribution in [-0.2, 0) is 22.1 Å². The SMILES string of the molecule is CNCc1ccc(OC)c(CS(=O)(=O)CC(C)C)c1. The van der Waals surface area contributed by atoms with Gasteiger partial charge in [0.2, 0.25) is 0 Å². The zero-order valence-corrected chi connectivity index (χ0v) is 12.9. The van der Waals surface area contributed by atoms with Gasteiger partial charge in [0.1, 0.15) is 5.75 Å². The molecular formula is C14H23NO3S. The van der Waals surface area contributed by atoms with E-state index in [-0.39, 0.29) is 17.4 Å². The second-order valence-electron chi connectivity index (χ2n) is 5.12. The summed E-state index contributed by atoms with van der Waals surface area (Å²) in [4.78, 5) is 0. The summed E-state index contributed by atoms with van der Waals surface area (Å²) < 4.78 is 29.4. The van der Waals surface area contributed by atoms with Gasteiger partial charge in [0.15, 0.2) is 9.84 Å². The Morgan fingerprint density at radius 2 is 2.00 bits per heavy atom. The molecule has 0 radical (unpaired) electrons. The number of methoxy groups -OCH3 is 1. The van der Waals surface area contributed by atoms with Crippen LogP contribution in [0.5, 0.6) is 5.75 Å². The molecule has 19 heavy (non-hydrogen) atoms. The molecule has 5 heteroatoms. The molecule has 0 saturated heterocycles. The first-order valence-corrected chi connectivity index (χ1v) is 8.21. The molecule has 1 aromatic carbocycles. The van der Waals surface area contributed by atoms with E-state index in [9.17, 15) is 8.42 Å². The number of sulfone groups is 1. The smallest absolute Gasteiger partial charge is 0.154 e. The van der Waals surface area contributed by atoms with Crippen LogP contribution in [0.2, 0.25) is 0 Å². The van der Waals surface area contributed by atoms with E-state index in [1.54, 1.807) is 7.11 Å². The van der Waals surface area contributed by atoms with Gasteiger partial charge in [-0.15, -0.1) is 0 Å². The highest BCUT2D eigenvalue weighted by molar-refractivity contribution is 7.90. The van der Waals surface area contributed by atoms with Gasteiger partial charge in [-0.2, -0.15) is 0 Å². The number of hydrogen-bond donors (Lipinski definition) is 1. The average molecular weight is 285 g/mol. The summed E-state index contributed by atoms with van der Waals surface area (Å²) in [6.45, 7) is 4.53. The molecule has 0 amide bonds. The van der Waals surface area contributed by atoms with Crippen LogP contribution in [0.4, 0.5) is 0 Å². The predicted molar refractivity (Wildman–Crippen MR) is 78.1 cm³/mol. The number of benzene rings is 1. The van der Waals surface area contributed by atoms with Gasteiger partial charge in [0.25, 0.3) is 0 Å². The maximum absolute atomic E-state index is 12.1. The third kappa shape index (κ3) is 5.20. The van der Waals surface area contributed by atoms with Crippen LogP contribution in [-0.4, -0.2) is 28.3 Å². The minimum Gasteiger partial charge on any atom is -0.496 e. The molecule has 0 saturated carbocycles. The summed E-state index contributed by atoms with van der Waals surface area (Å²) in [6, 6.07) is 5.66. The van der Waals surface area contributed by atoms with Gasteiger partial charge in [0.05, 0.1) is 18.6 Å². The molecule has 0 unspecified atom stereocenters. The van der Waals surface area contributed by atoms with Gasteiger partial charge in [-0.1, -0.05) is 19.9 Å². The van der Waals surface area contributed by atoms with Crippen LogP contribution in [0.25, 0.3) is 0 Å². The molecule has 0 bridgehead atoms. The number of nitrogens with one attached hydrogen (secondary N) is 1. The molecule has 108 valence electrons. The lowest BCUT2D eigenvalue weighted by molar-refractivity contribution is 0.410. The molecule has 0 heterocycles. The third-order valence-corrected chi connectivity index (χ3v) is 4.61. The van der Waals surface area contributed by atoms with Crippen molar-refractivity contribution in [2.24, 2.45) is 5.92 Å². The lowest BCUT2D eigenvalue weighted by Crippen LogP contribution is -2.15. The molecule has 0 spiro atoms. The lowest BCUT2D eigenvalue weighted by Gasteiger charge is -2.12.